The van der Waals surface area contributed by atoms with E-state index in [1.807, 2.05) is 0 Å². The second-order valence-electron chi connectivity index (χ2n) is 5.52. The second-order valence-corrected chi connectivity index (χ2v) is 5.52. The molecule has 1 aliphatic rings. The van der Waals surface area contributed by atoms with Gasteiger partial charge in [0.15, 0.2) is 0 Å². The monoisotopic (exact) mass is 240 g/mol. The summed E-state index contributed by atoms with van der Waals surface area (Å²) < 4.78 is 0. The first-order valence-corrected chi connectivity index (χ1v) is 7.18. The fourth-order valence-corrected chi connectivity index (χ4v) is 2.39. The molecular formula is C14H28N2O. The Morgan fingerprint density at radius 1 is 1.18 bits per heavy atom. The molecule has 1 fully saturated rings. The zero-order valence-electron chi connectivity index (χ0n) is 11.5. The summed E-state index contributed by atoms with van der Waals surface area (Å²) in [6.07, 6.45) is 8.86. The second kappa shape index (κ2) is 7.70. The van der Waals surface area contributed by atoms with Gasteiger partial charge in [-0.05, 0) is 39.3 Å². The van der Waals surface area contributed by atoms with E-state index in [4.69, 9.17) is 0 Å². The maximum absolute atomic E-state index is 11.8. The minimum absolute atomic E-state index is 0.0335. The number of carbonyl (C=O) groups is 1. The predicted molar refractivity (Wildman–Crippen MR) is 72.0 cm³/mol. The van der Waals surface area contributed by atoms with E-state index in [9.17, 15) is 4.79 Å². The van der Waals surface area contributed by atoms with E-state index >= 15 is 0 Å². The van der Waals surface area contributed by atoms with Crippen LogP contribution < -0.4 is 10.6 Å². The number of hydrogen-bond donors (Lipinski definition) is 2. The first-order valence-electron chi connectivity index (χ1n) is 7.18. The van der Waals surface area contributed by atoms with Crippen molar-refractivity contribution < 1.29 is 4.79 Å². The van der Waals surface area contributed by atoms with Crippen LogP contribution in [0.2, 0.25) is 0 Å². The molecule has 100 valence electrons. The molecule has 17 heavy (non-hydrogen) atoms. The van der Waals surface area contributed by atoms with E-state index in [-0.39, 0.29) is 11.4 Å². The van der Waals surface area contributed by atoms with Crippen molar-refractivity contribution >= 4 is 5.91 Å². The van der Waals surface area contributed by atoms with Gasteiger partial charge in [-0.3, -0.25) is 4.79 Å². The van der Waals surface area contributed by atoms with Gasteiger partial charge >= 0.3 is 0 Å². The van der Waals surface area contributed by atoms with Gasteiger partial charge in [0.25, 0.3) is 0 Å². The van der Waals surface area contributed by atoms with Crippen LogP contribution in [-0.4, -0.2) is 24.5 Å². The summed E-state index contributed by atoms with van der Waals surface area (Å²) in [5.74, 6) is 0.242. The highest BCUT2D eigenvalue weighted by molar-refractivity contribution is 5.76. The van der Waals surface area contributed by atoms with Gasteiger partial charge in [-0.1, -0.05) is 32.6 Å². The number of piperidine rings is 1. The van der Waals surface area contributed by atoms with Gasteiger partial charge in [0.2, 0.25) is 5.91 Å². The molecule has 0 aromatic rings. The molecule has 1 amide bonds. The van der Waals surface area contributed by atoms with Crippen LogP contribution in [-0.2, 0) is 4.79 Å². The number of rotatable bonds is 7. The summed E-state index contributed by atoms with van der Waals surface area (Å²) in [6.45, 7) is 6.42. The van der Waals surface area contributed by atoms with E-state index in [0.29, 0.717) is 6.42 Å². The molecule has 0 unspecified atom stereocenters. The highest BCUT2D eigenvalue weighted by Gasteiger charge is 2.27. The van der Waals surface area contributed by atoms with Crippen molar-refractivity contribution in [3.8, 4) is 0 Å². The fourth-order valence-electron chi connectivity index (χ4n) is 2.39. The molecule has 0 spiro atoms. The van der Waals surface area contributed by atoms with Crippen molar-refractivity contribution in [1.29, 1.82) is 0 Å². The number of hydrogen-bond acceptors (Lipinski definition) is 2. The number of amides is 1. The minimum atomic E-state index is 0.0335. The molecule has 2 N–H and O–H groups in total. The summed E-state index contributed by atoms with van der Waals surface area (Å²) in [6, 6.07) is 0. The molecule has 0 bridgehead atoms. The molecule has 0 aromatic carbocycles. The lowest BCUT2D eigenvalue weighted by atomic mass is 9.90. The van der Waals surface area contributed by atoms with Crippen LogP contribution in [0.3, 0.4) is 0 Å². The lowest BCUT2D eigenvalue weighted by molar-refractivity contribution is -0.123. The highest BCUT2D eigenvalue weighted by atomic mass is 16.1. The van der Waals surface area contributed by atoms with E-state index in [0.717, 1.165) is 32.4 Å². The van der Waals surface area contributed by atoms with Crippen molar-refractivity contribution in [3.63, 3.8) is 0 Å². The number of carbonyl (C=O) groups excluding carboxylic acids is 1. The fraction of sp³-hybridized carbons (Fsp3) is 0.929. The molecule has 0 aliphatic carbocycles. The normalized spacial score (nSPS) is 18.9. The Morgan fingerprint density at radius 2 is 1.82 bits per heavy atom. The average molecular weight is 240 g/mol. The van der Waals surface area contributed by atoms with E-state index in [1.54, 1.807) is 0 Å². The third-order valence-electron chi connectivity index (χ3n) is 3.66. The van der Waals surface area contributed by atoms with Crippen LogP contribution in [0.1, 0.15) is 65.2 Å². The van der Waals surface area contributed by atoms with Crippen molar-refractivity contribution in [2.45, 2.75) is 70.8 Å². The average Bonchev–Trinajstić information content (AvgIpc) is 2.29. The Hall–Kier alpha value is -0.570. The zero-order valence-corrected chi connectivity index (χ0v) is 11.5. The summed E-state index contributed by atoms with van der Waals surface area (Å²) in [5, 5.41) is 6.54. The van der Waals surface area contributed by atoms with Crippen LogP contribution in [0.4, 0.5) is 0 Å². The van der Waals surface area contributed by atoms with Gasteiger partial charge in [-0.15, -0.1) is 0 Å². The smallest absolute Gasteiger partial charge is 0.220 e. The van der Waals surface area contributed by atoms with Crippen LogP contribution >= 0.6 is 0 Å². The van der Waals surface area contributed by atoms with Crippen molar-refractivity contribution in [2.24, 2.45) is 0 Å². The predicted octanol–water partition coefficient (Wildman–Crippen LogP) is 2.61. The summed E-state index contributed by atoms with van der Waals surface area (Å²) >= 11 is 0. The molecule has 1 aliphatic heterocycles. The number of unbranched alkanes of at least 4 members (excludes halogenated alkanes) is 4. The molecule has 3 heteroatoms. The lowest BCUT2D eigenvalue weighted by Crippen LogP contribution is -2.52. The van der Waals surface area contributed by atoms with Crippen molar-refractivity contribution in [3.05, 3.63) is 0 Å². The molecule has 1 rings (SSSR count). The van der Waals surface area contributed by atoms with Gasteiger partial charge < -0.3 is 10.6 Å². The topological polar surface area (TPSA) is 41.1 Å². The Kier molecular flexibility index (Phi) is 6.56. The Balaban J connectivity index is 2.11. The maximum Gasteiger partial charge on any atom is 0.220 e. The van der Waals surface area contributed by atoms with Crippen LogP contribution in [0.25, 0.3) is 0 Å². The molecule has 0 radical (unpaired) electrons. The first-order chi connectivity index (χ1) is 8.16. The molecular weight excluding hydrogens is 212 g/mol. The van der Waals surface area contributed by atoms with Gasteiger partial charge in [0.05, 0.1) is 0 Å². The van der Waals surface area contributed by atoms with E-state index in [2.05, 4.69) is 24.5 Å². The highest BCUT2D eigenvalue weighted by Crippen LogP contribution is 2.17. The molecule has 0 atom stereocenters. The lowest BCUT2D eigenvalue weighted by Gasteiger charge is -2.35. The quantitative estimate of drug-likeness (QED) is 0.672. The standard InChI is InChI=1S/C14H28N2O/c1-3-4-5-6-7-8-13(17)16-14(2)9-11-15-12-10-14/h15H,3-12H2,1-2H3,(H,16,17). The van der Waals surface area contributed by atoms with Crippen LogP contribution in [0.5, 0.6) is 0 Å². The summed E-state index contributed by atoms with van der Waals surface area (Å²) in [7, 11) is 0. The Bertz CT molecular complexity index is 222. The van der Waals surface area contributed by atoms with E-state index < -0.39 is 0 Å². The van der Waals surface area contributed by atoms with Gasteiger partial charge in [0, 0.05) is 12.0 Å². The third-order valence-corrected chi connectivity index (χ3v) is 3.66. The van der Waals surface area contributed by atoms with Gasteiger partial charge in [-0.25, -0.2) is 0 Å². The molecule has 0 saturated carbocycles. The summed E-state index contributed by atoms with van der Waals surface area (Å²) in [4.78, 5) is 11.8. The first kappa shape index (κ1) is 14.5. The molecule has 1 saturated heterocycles. The van der Waals surface area contributed by atoms with E-state index in [1.165, 1.54) is 25.7 Å². The van der Waals surface area contributed by atoms with Crippen LogP contribution in [0.15, 0.2) is 0 Å². The zero-order chi connectivity index (χ0) is 12.6. The maximum atomic E-state index is 11.8. The third kappa shape index (κ3) is 6.06. The van der Waals surface area contributed by atoms with Crippen molar-refractivity contribution in [1.82, 2.24) is 10.6 Å². The number of nitrogens with one attached hydrogen (secondary N) is 2. The Morgan fingerprint density at radius 3 is 2.47 bits per heavy atom. The molecule has 0 aromatic heterocycles. The SMILES string of the molecule is CCCCCCCC(=O)NC1(C)CCNCC1. The Labute approximate surface area is 106 Å². The molecule has 1 heterocycles. The van der Waals surface area contributed by atoms with Crippen molar-refractivity contribution in [2.75, 3.05) is 13.1 Å². The minimum Gasteiger partial charge on any atom is -0.351 e. The summed E-state index contributed by atoms with van der Waals surface area (Å²) in [5.41, 5.74) is 0.0335. The van der Waals surface area contributed by atoms with Gasteiger partial charge in [0.1, 0.15) is 0 Å². The molecule has 3 nitrogen and oxygen atoms in total. The van der Waals surface area contributed by atoms with Crippen LogP contribution in [0, 0.1) is 0 Å². The largest absolute Gasteiger partial charge is 0.351 e. The van der Waals surface area contributed by atoms with Gasteiger partial charge in [-0.2, -0.15) is 0 Å².